The second-order valence-corrected chi connectivity index (χ2v) is 3.84. The maximum atomic E-state index is 11.6. The van der Waals surface area contributed by atoms with Crippen molar-refractivity contribution in [3.8, 4) is 0 Å². The van der Waals surface area contributed by atoms with E-state index in [2.05, 4.69) is 12.2 Å². The van der Waals surface area contributed by atoms with Gasteiger partial charge in [0.15, 0.2) is 0 Å². The van der Waals surface area contributed by atoms with Gasteiger partial charge in [-0.3, -0.25) is 5.32 Å². The minimum atomic E-state index is -0.477. The fourth-order valence-electron chi connectivity index (χ4n) is 1.51. The van der Waals surface area contributed by atoms with E-state index >= 15 is 0 Å². The first kappa shape index (κ1) is 12.2. The van der Waals surface area contributed by atoms with E-state index in [1.165, 1.54) is 0 Å². The van der Waals surface area contributed by atoms with E-state index in [1.807, 2.05) is 48.5 Å². The van der Waals surface area contributed by atoms with Crippen LogP contribution in [0.3, 0.4) is 0 Å². The molecule has 0 saturated heterocycles. The van der Waals surface area contributed by atoms with Gasteiger partial charge in [0.1, 0.15) is 6.61 Å². The molecule has 0 aliphatic rings. The molecule has 1 amide bonds. The van der Waals surface area contributed by atoms with Crippen LogP contribution in [0.5, 0.6) is 0 Å². The van der Waals surface area contributed by atoms with Crippen molar-refractivity contribution < 1.29 is 9.53 Å². The summed E-state index contributed by atoms with van der Waals surface area (Å²) < 4.78 is 5.11. The second kappa shape index (κ2) is 5.87. The number of hydrogen-bond acceptors (Lipinski definition) is 2. The van der Waals surface area contributed by atoms with E-state index in [0.29, 0.717) is 5.69 Å². The van der Waals surface area contributed by atoms with Crippen LogP contribution in [0.25, 0.3) is 0 Å². The van der Waals surface area contributed by atoms with E-state index in [9.17, 15) is 4.79 Å². The summed E-state index contributed by atoms with van der Waals surface area (Å²) in [6, 6.07) is 16.8. The number of anilines is 1. The number of rotatable bonds is 3. The fourth-order valence-corrected chi connectivity index (χ4v) is 1.51. The number of para-hydroxylation sites is 1. The Morgan fingerprint density at radius 3 is 2.44 bits per heavy atom. The van der Waals surface area contributed by atoms with E-state index < -0.39 is 6.09 Å². The Bertz CT molecular complexity index is 523. The van der Waals surface area contributed by atoms with Crippen LogP contribution in [-0.2, 0) is 11.3 Å². The lowest BCUT2D eigenvalue weighted by molar-refractivity contribution is 0.155. The highest BCUT2D eigenvalue weighted by atomic mass is 16.5. The second-order valence-electron chi connectivity index (χ2n) is 3.84. The third kappa shape index (κ3) is 3.35. The molecular weight excluding hydrogens is 226 g/mol. The lowest BCUT2D eigenvalue weighted by atomic mass is 10.2. The van der Waals surface area contributed by atoms with Gasteiger partial charge in [-0.05, 0) is 24.1 Å². The quantitative estimate of drug-likeness (QED) is 0.889. The number of carbonyl (C=O) groups excluding carboxylic acids is 1. The van der Waals surface area contributed by atoms with Gasteiger partial charge in [0.05, 0.1) is 0 Å². The zero-order chi connectivity index (χ0) is 12.8. The normalized spacial score (nSPS) is 9.83. The third-order valence-corrected chi connectivity index (χ3v) is 2.47. The van der Waals surface area contributed by atoms with Gasteiger partial charge in [-0.1, -0.05) is 48.5 Å². The molecule has 0 aromatic heterocycles. The Morgan fingerprint density at radius 2 is 1.72 bits per heavy atom. The predicted molar refractivity (Wildman–Crippen MR) is 71.2 cm³/mol. The Kier molecular flexibility index (Phi) is 3.97. The number of nitrogens with one attached hydrogen (secondary N) is 1. The van der Waals surface area contributed by atoms with E-state index in [0.717, 1.165) is 11.1 Å². The van der Waals surface area contributed by atoms with Gasteiger partial charge in [-0.2, -0.15) is 0 Å². The Labute approximate surface area is 106 Å². The monoisotopic (exact) mass is 240 g/mol. The average Bonchev–Trinajstić information content (AvgIpc) is 2.40. The molecule has 3 nitrogen and oxygen atoms in total. The summed E-state index contributed by atoms with van der Waals surface area (Å²) in [5, 5.41) is 2.66. The highest BCUT2D eigenvalue weighted by Gasteiger charge is 2.04. The minimum absolute atomic E-state index is 0.256. The van der Waals surface area contributed by atoms with Crippen molar-refractivity contribution in [3.05, 3.63) is 72.6 Å². The average molecular weight is 240 g/mol. The molecule has 0 aliphatic heterocycles. The minimum Gasteiger partial charge on any atom is -0.444 e. The van der Waals surface area contributed by atoms with Gasteiger partial charge in [-0.25, -0.2) is 4.79 Å². The summed E-state index contributed by atoms with van der Waals surface area (Å²) in [6.45, 7) is 4.08. The molecular formula is C15H14NO2. The van der Waals surface area contributed by atoms with Crippen molar-refractivity contribution in [1.82, 2.24) is 0 Å². The first-order valence-corrected chi connectivity index (χ1v) is 5.64. The smallest absolute Gasteiger partial charge is 0.411 e. The van der Waals surface area contributed by atoms with E-state index in [4.69, 9.17) is 4.74 Å². The highest BCUT2D eigenvalue weighted by Crippen LogP contribution is 2.13. The van der Waals surface area contributed by atoms with Gasteiger partial charge in [0.25, 0.3) is 0 Å². The molecule has 1 radical (unpaired) electrons. The summed E-state index contributed by atoms with van der Waals surface area (Å²) in [4.78, 5) is 11.6. The molecule has 0 aliphatic carbocycles. The number of benzene rings is 2. The van der Waals surface area contributed by atoms with Gasteiger partial charge >= 0.3 is 6.09 Å². The Morgan fingerprint density at radius 1 is 1.06 bits per heavy atom. The lowest BCUT2D eigenvalue weighted by Gasteiger charge is -2.08. The largest absolute Gasteiger partial charge is 0.444 e. The SMILES string of the molecule is [CH2]c1ccccc1NC(=O)OCc1ccccc1. The third-order valence-electron chi connectivity index (χ3n) is 2.47. The summed E-state index contributed by atoms with van der Waals surface area (Å²) >= 11 is 0. The topological polar surface area (TPSA) is 38.3 Å². The van der Waals surface area contributed by atoms with Gasteiger partial charge in [0.2, 0.25) is 0 Å². The van der Waals surface area contributed by atoms with Crippen LogP contribution in [0.15, 0.2) is 54.6 Å². The molecule has 0 saturated carbocycles. The summed E-state index contributed by atoms with van der Waals surface area (Å²) in [7, 11) is 0. The maximum absolute atomic E-state index is 11.6. The first-order chi connectivity index (χ1) is 8.75. The molecule has 2 aromatic carbocycles. The zero-order valence-electron chi connectivity index (χ0n) is 9.93. The van der Waals surface area contributed by atoms with Crippen LogP contribution >= 0.6 is 0 Å². The van der Waals surface area contributed by atoms with Crippen LogP contribution in [0, 0.1) is 6.92 Å². The van der Waals surface area contributed by atoms with Crippen LogP contribution in [0.1, 0.15) is 11.1 Å². The molecule has 2 rings (SSSR count). The molecule has 0 bridgehead atoms. The molecule has 18 heavy (non-hydrogen) atoms. The number of hydrogen-bond donors (Lipinski definition) is 1. The Balaban J connectivity index is 1.88. The van der Waals surface area contributed by atoms with Crippen LogP contribution in [0.4, 0.5) is 10.5 Å². The molecule has 0 unspecified atom stereocenters. The van der Waals surface area contributed by atoms with Crippen molar-refractivity contribution in [2.75, 3.05) is 5.32 Å². The van der Waals surface area contributed by atoms with Crippen molar-refractivity contribution in [2.24, 2.45) is 0 Å². The molecule has 0 heterocycles. The van der Waals surface area contributed by atoms with Gasteiger partial charge < -0.3 is 4.74 Å². The van der Waals surface area contributed by atoms with E-state index in [-0.39, 0.29) is 6.61 Å². The molecule has 2 aromatic rings. The van der Waals surface area contributed by atoms with Crippen LogP contribution in [0.2, 0.25) is 0 Å². The fraction of sp³-hybridized carbons (Fsp3) is 0.0667. The highest BCUT2D eigenvalue weighted by molar-refractivity contribution is 5.85. The molecule has 1 N–H and O–H groups in total. The summed E-state index contributed by atoms with van der Waals surface area (Å²) in [6.07, 6.45) is -0.477. The predicted octanol–water partition coefficient (Wildman–Crippen LogP) is 3.62. The van der Waals surface area contributed by atoms with E-state index in [1.54, 1.807) is 6.07 Å². The number of ether oxygens (including phenoxy) is 1. The van der Waals surface area contributed by atoms with Crippen molar-refractivity contribution in [3.63, 3.8) is 0 Å². The number of carbonyl (C=O) groups is 1. The molecule has 0 atom stereocenters. The Hall–Kier alpha value is -2.29. The van der Waals surface area contributed by atoms with Crippen LogP contribution < -0.4 is 5.32 Å². The van der Waals surface area contributed by atoms with Gasteiger partial charge in [0, 0.05) is 5.69 Å². The van der Waals surface area contributed by atoms with Gasteiger partial charge in [-0.15, -0.1) is 0 Å². The maximum Gasteiger partial charge on any atom is 0.411 e. The molecule has 91 valence electrons. The van der Waals surface area contributed by atoms with Crippen LogP contribution in [-0.4, -0.2) is 6.09 Å². The van der Waals surface area contributed by atoms with Crippen molar-refractivity contribution in [2.45, 2.75) is 6.61 Å². The standard InChI is InChI=1S/C15H14NO2/c1-12-7-5-6-10-14(12)16-15(17)18-11-13-8-3-2-4-9-13/h2-10H,1,11H2,(H,16,17). The molecule has 0 spiro atoms. The zero-order valence-corrected chi connectivity index (χ0v) is 9.93. The summed E-state index contributed by atoms with van der Waals surface area (Å²) in [5.74, 6) is 0. The lowest BCUT2D eigenvalue weighted by Crippen LogP contribution is -2.14. The van der Waals surface area contributed by atoms with Crippen molar-refractivity contribution >= 4 is 11.8 Å². The summed E-state index contributed by atoms with van der Waals surface area (Å²) in [5.41, 5.74) is 2.38. The first-order valence-electron chi connectivity index (χ1n) is 5.64. The molecule has 0 fully saturated rings. The number of amides is 1. The molecule has 3 heteroatoms. The van der Waals surface area contributed by atoms with Crippen molar-refractivity contribution in [1.29, 1.82) is 0 Å².